The molecule has 0 spiro atoms. The molecule has 0 bridgehead atoms. The zero-order valence-electron chi connectivity index (χ0n) is 19.6. The van der Waals surface area contributed by atoms with Gasteiger partial charge in [-0.2, -0.15) is 0 Å². The van der Waals surface area contributed by atoms with E-state index in [0.29, 0.717) is 16.6 Å². The predicted octanol–water partition coefficient (Wildman–Crippen LogP) is 6.24. The van der Waals surface area contributed by atoms with Crippen LogP contribution in [0.1, 0.15) is 24.3 Å². The number of fused-ring (bicyclic) bond motifs is 1. The molecule has 8 heteroatoms. The van der Waals surface area contributed by atoms with Crippen LogP contribution in [0.3, 0.4) is 0 Å². The van der Waals surface area contributed by atoms with Crippen molar-refractivity contribution in [3.05, 3.63) is 96.4 Å². The molecule has 2 aromatic heterocycles. The van der Waals surface area contributed by atoms with Crippen molar-refractivity contribution in [3.8, 4) is 11.3 Å². The Hall–Kier alpha value is -4.30. The Morgan fingerprint density at radius 3 is 2.47 bits per heavy atom. The molecule has 36 heavy (non-hydrogen) atoms. The van der Waals surface area contributed by atoms with Crippen molar-refractivity contribution in [2.75, 3.05) is 16.4 Å². The maximum absolute atomic E-state index is 5.83. The minimum atomic E-state index is 0.468. The van der Waals surface area contributed by atoms with Gasteiger partial charge in [0.15, 0.2) is 22.4 Å². The zero-order valence-corrected chi connectivity index (χ0v) is 20.5. The number of nitrogens with one attached hydrogen (secondary N) is 2. The highest BCUT2D eigenvalue weighted by atomic mass is 32.1. The number of oxazole rings is 1. The van der Waals surface area contributed by atoms with Crippen molar-refractivity contribution in [2.24, 2.45) is 0 Å². The third-order valence-electron chi connectivity index (χ3n) is 5.78. The number of nitrogens with zero attached hydrogens (tertiary/aromatic N) is 3. The molecule has 0 aliphatic heterocycles. The van der Waals surface area contributed by atoms with E-state index in [1.807, 2.05) is 78.9 Å². The summed E-state index contributed by atoms with van der Waals surface area (Å²) >= 11 is 5.52. The van der Waals surface area contributed by atoms with E-state index in [2.05, 4.69) is 31.9 Å². The van der Waals surface area contributed by atoms with Crippen LogP contribution in [0.25, 0.3) is 22.4 Å². The van der Waals surface area contributed by atoms with Crippen molar-refractivity contribution in [1.29, 1.82) is 0 Å². The molecule has 0 aliphatic carbocycles. The third-order valence-corrected chi connectivity index (χ3v) is 5.99. The SMILES string of the molecule is Nc1ccc2nc(CCCCc3ccccc3NC(=S)Nc3ccc(-c4ccccc4)nn3)oc2c1. The lowest BCUT2D eigenvalue weighted by molar-refractivity contribution is 0.514. The number of unbranched alkanes of at least 4 members (excludes halogenated alkanes) is 1. The molecule has 7 nitrogen and oxygen atoms in total. The summed E-state index contributed by atoms with van der Waals surface area (Å²) in [6.07, 6.45) is 3.64. The summed E-state index contributed by atoms with van der Waals surface area (Å²) in [6, 6.07) is 27.4. The van der Waals surface area contributed by atoms with E-state index in [9.17, 15) is 0 Å². The predicted molar refractivity (Wildman–Crippen MR) is 149 cm³/mol. The number of aryl methyl sites for hydroxylation is 2. The standard InChI is InChI=1S/C28H26N6OS/c29-21-14-15-24-25(18-21)35-27(30-24)13-7-5-11-19-10-4-6-12-22(19)31-28(36)32-26-17-16-23(33-34-26)20-8-2-1-3-9-20/h1-4,6,8-10,12,14-18H,5,7,11,13,29H2,(H2,31,32,34,36). The van der Waals surface area contributed by atoms with Gasteiger partial charge in [-0.3, -0.25) is 0 Å². The molecular weight excluding hydrogens is 468 g/mol. The smallest absolute Gasteiger partial charge is 0.195 e. The molecule has 2 heterocycles. The Labute approximate surface area is 214 Å². The van der Waals surface area contributed by atoms with Crippen LogP contribution in [0, 0.1) is 0 Å². The highest BCUT2D eigenvalue weighted by Crippen LogP contribution is 2.22. The quantitative estimate of drug-likeness (QED) is 0.132. The molecule has 0 saturated heterocycles. The van der Waals surface area contributed by atoms with Crippen LogP contribution in [0.5, 0.6) is 0 Å². The molecule has 0 saturated carbocycles. The summed E-state index contributed by atoms with van der Waals surface area (Å²) in [4.78, 5) is 4.55. The summed E-state index contributed by atoms with van der Waals surface area (Å²) in [7, 11) is 0. The van der Waals surface area contributed by atoms with E-state index in [0.717, 1.165) is 59.6 Å². The van der Waals surface area contributed by atoms with Gasteiger partial charge < -0.3 is 20.8 Å². The van der Waals surface area contributed by atoms with Crippen molar-refractivity contribution in [2.45, 2.75) is 25.7 Å². The summed E-state index contributed by atoms with van der Waals surface area (Å²) < 4.78 is 5.83. The normalized spacial score (nSPS) is 10.9. The molecule has 0 amide bonds. The largest absolute Gasteiger partial charge is 0.441 e. The van der Waals surface area contributed by atoms with Gasteiger partial charge in [-0.25, -0.2) is 4.98 Å². The van der Waals surface area contributed by atoms with Crippen molar-refractivity contribution in [3.63, 3.8) is 0 Å². The maximum atomic E-state index is 5.83. The first kappa shape index (κ1) is 23.4. The van der Waals surface area contributed by atoms with Crippen molar-refractivity contribution in [1.82, 2.24) is 15.2 Å². The van der Waals surface area contributed by atoms with Crippen LogP contribution >= 0.6 is 12.2 Å². The average molecular weight is 495 g/mol. The molecule has 3 aromatic carbocycles. The second-order valence-electron chi connectivity index (χ2n) is 8.45. The van der Waals surface area contributed by atoms with Gasteiger partial charge in [0.1, 0.15) is 5.52 Å². The van der Waals surface area contributed by atoms with E-state index in [1.54, 1.807) is 0 Å². The molecule has 0 atom stereocenters. The fraction of sp³-hybridized carbons (Fsp3) is 0.143. The van der Waals surface area contributed by atoms with E-state index in [1.165, 1.54) is 5.56 Å². The Morgan fingerprint density at radius 1 is 0.833 bits per heavy atom. The Bertz CT molecular complexity index is 1470. The Kier molecular flexibility index (Phi) is 7.14. The molecular formula is C28H26N6OS. The van der Waals surface area contributed by atoms with Crippen molar-refractivity contribution >= 4 is 45.6 Å². The molecule has 0 radical (unpaired) electrons. The van der Waals surface area contributed by atoms with Crippen LogP contribution in [-0.4, -0.2) is 20.3 Å². The lowest BCUT2D eigenvalue weighted by atomic mass is 10.1. The van der Waals surface area contributed by atoms with E-state index < -0.39 is 0 Å². The number of aromatic nitrogens is 3. The van der Waals surface area contributed by atoms with Crippen LogP contribution < -0.4 is 16.4 Å². The summed E-state index contributed by atoms with van der Waals surface area (Å²) in [6.45, 7) is 0. The molecule has 180 valence electrons. The fourth-order valence-electron chi connectivity index (χ4n) is 3.98. The summed E-state index contributed by atoms with van der Waals surface area (Å²) in [5.74, 6) is 1.33. The maximum Gasteiger partial charge on any atom is 0.195 e. The van der Waals surface area contributed by atoms with Gasteiger partial charge >= 0.3 is 0 Å². The van der Waals surface area contributed by atoms with Crippen molar-refractivity contribution < 1.29 is 4.42 Å². The van der Waals surface area contributed by atoms with Crippen LogP contribution in [-0.2, 0) is 12.8 Å². The van der Waals surface area contributed by atoms with Gasteiger partial charge in [-0.15, -0.1) is 10.2 Å². The second-order valence-corrected chi connectivity index (χ2v) is 8.86. The number of benzene rings is 3. The molecule has 4 N–H and O–H groups in total. The topological polar surface area (TPSA) is 102 Å². The van der Waals surface area contributed by atoms with Crippen LogP contribution in [0.2, 0.25) is 0 Å². The van der Waals surface area contributed by atoms with Gasteiger partial charge in [0, 0.05) is 29.4 Å². The van der Waals surface area contributed by atoms with Crippen LogP contribution in [0.15, 0.2) is 89.3 Å². The van der Waals surface area contributed by atoms with Gasteiger partial charge in [0.2, 0.25) is 0 Å². The van der Waals surface area contributed by atoms with E-state index >= 15 is 0 Å². The Morgan fingerprint density at radius 2 is 1.64 bits per heavy atom. The number of thiocarbonyl (C=S) groups is 1. The van der Waals surface area contributed by atoms with E-state index in [4.69, 9.17) is 22.4 Å². The molecule has 5 rings (SSSR count). The Balaban J connectivity index is 1.14. The molecule has 0 aliphatic rings. The fourth-order valence-corrected chi connectivity index (χ4v) is 4.19. The number of nitrogens with two attached hydrogens (primary N) is 1. The van der Waals surface area contributed by atoms with Gasteiger partial charge in [0.25, 0.3) is 0 Å². The number of hydrogen-bond acceptors (Lipinski definition) is 6. The molecule has 0 unspecified atom stereocenters. The first-order valence-corrected chi connectivity index (χ1v) is 12.2. The number of rotatable bonds is 8. The molecule has 5 aromatic rings. The first-order chi connectivity index (χ1) is 17.6. The van der Waals surface area contributed by atoms with Crippen LogP contribution in [0.4, 0.5) is 17.2 Å². The van der Waals surface area contributed by atoms with Gasteiger partial charge in [-0.05, 0) is 67.4 Å². The van der Waals surface area contributed by atoms with E-state index in [-0.39, 0.29) is 0 Å². The summed E-state index contributed by atoms with van der Waals surface area (Å²) in [5.41, 5.74) is 12.1. The lowest BCUT2D eigenvalue weighted by Gasteiger charge is -2.13. The highest BCUT2D eigenvalue weighted by Gasteiger charge is 2.08. The average Bonchev–Trinajstić information content (AvgIpc) is 3.30. The highest BCUT2D eigenvalue weighted by molar-refractivity contribution is 7.80. The van der Waals surface area contributed by atoms with Gasteiger partial charge in [-0.1, -0.05) is 48.5 Å². The third kappa shape index (κ3) is 5.84. The number of nitrogen functional groups attached to an aromatic ring is 1. The number of hydrogen-bond donors (Lipinski definition) is 3. The number of anilines is 3. The lowest BCUT2D eigenvalue weighted by Crippen LogP contribution is -2.20. The number of para-hydroxylation sites is 1. The minimum absolute atomic E-state index is 0.468. The monoisotopic (exact) mass is 494 g/mol. The van der Waals surface area contributed by atoms with Gasteiger partial charge in [0.05, 0.1) is 5.69 Å². The second kappa shape index (κ2) is 11.0. The first-order valence-electron chi connectivity index (χ1n) is 11.8. The minimum Gasteiger partial charge on any atom is -0.441 e. The molecule has 0 fully saturated rings. The zero-order chi connectivity index (χ0) is 24.7. The summed E-state index contributed by atoms with van der Waals surface area (Å²) in [5, 5.41) is 15.4.